The van der Waals surface area contributed by atoms with E-state index in [2.05, 4.69) is 41.1 Å². The zero-order valence-corrected chi connectivity index (χ0v) is 9.30. The van der Waals surface area contributed by atoms with Crippen molar-refractivity contribution in [3.8, 4) is 5.75 Å². The van der Waals surface area contributed by atoms with E-state index >= 15 is 0 Å². The van der Waals surface area contributed by atoms with Gasteiger partial charge in [-0.15, -0.1) is 0 Å². The van der Waals surface area contributed by atoms with Gasteiger partial charge in [-0.05, 0) is 36.5 Å². The molecule has 70 valence electrons. The Morgan fingerprint density at radius 3 is 3.15 bits per heavy atom. The largest absolute Gasteiger partial charge is 0.493 e. The highest BCUT2D eigenvalue weighted by atomic mass is 79.9. The van der Waals surface area contributed by atoms with Crippen LogP contribution < -0.4 is 4.74 Å². The number of hydrogen-bond acceptors (Lipinski definition) is 1. The summed E-state index contributed by atoms with van der Waals surface area (Å²) in [6.07, 6.45) is 2.36. The van der Waals surface area contributed by atoms with Crippen LogP contribution in [-0.2, 0) is 0 Å². The van der Waals surface area contributed by atoms with E-state index in [1.165, 1.54) is 12.0 Å². The summed E-state index contributed by atoms with van der Waals surface area (Å²) in [7, 11) is 0. The minimum Gasteiger partial charge on any atom is -0.493 e. The summed E-state index contributed by atoms with van der Waals surface area (Å²) in [6, 6.07) is 6.33. The van der Waals surface area contributed by atoms with Gasteiger partial charge in [-0.1, -0.05) is 28.9 Å². The first-order valence-corrected chi connectivity index (χ1v) is 5.53. The SMILES string of the molecule is CCC1CCOc2cc(Br)ccc21. The molecule has 1 nitrogen and oxygen atoms in total. The first kappa shape index (κ1) is 9.07. The number of rotatable bonds is 1. The molecule has 0 saturated heterocycles. The van der Waals surface area contributed by atoms with Crippen LogP contribution >= 0.6 is 15.9 Å². The summed E-state index contributed by atoms with van der Waals surface area (Å²) in [6.45, 7) is 3.10. The molecule has 1 unspecified atom stereocenters. The zero-order chi connectivity index (χ0) is 9.26. The van der Waals surface area contributed by atoms with Gasteiger partial charge in [0.15, 0.2) is 0 Å². The van der Waals surface area contributed by atoms with Crippen LogP contribution in [0.3, 0.4) is 0 Å². The molecular weight excluding hydrogens is 228 g/mol. The highest BCUT2D eigenvalue weighted by Gasteiger charge is 2.19. The van der Waals surface area contributed by atoms with E-state index in [1.54, 1.807) is 0 Å². The van der Waals surface area contributed by atoms with E-state index in [0.717, 1.165) is 23.2 Å². The minimum absolute atomic E-state index is 0.692. The van der Waals surface area contributed by atoms with Crippen molar-refractivity contribution in [3.05, 3.63) is 28.2 Å². The van der Waals surface area contributed by atoms with Gasteiger partial charge < -0.3 is 4.74 Å². The maximum absolute atomic E-state index is 5.61. The maximum Gasteiger partial charge on any atom is 0.123 e. The Hall–Kier alpha value is -0.500. The molecule has 0 bridgehead atoms. The Bertz CT molecular complexity index is 309. The molecule has 0 aromatic heterocycles. The van der Waals surface area contributed by atoms with Gasteiger partial charge in [0.05, 0.1) is 6.61 Å². The highest BCUT2D eigenvalue weighted by Crippen LogP contribution is 2.36. The fourth-order valence-corrected chi connectivity index (χ4v) is 2.20. The van der Waals surface area contributed by atoms with Gasteiger partial charge in [0, 0.05) is 4.47 Å². The van der Waals surface area contributed by atoms with Crippen molar-refractivity contribution in [3.63, 3.8) is 0 Å². The lowest BCUT2D eigenvalue weighted by atomic mass is 9.91. The molecule has 13 heavy (non-hydrogen) atoms. The Balaban J connectivity index is 2.40. The van der Waals surface area contributed by atoms with Gasteiger partial charge in [-0.25, -0.2) is 0 Å². The monoisotopic (exact) mass is 240 g/mol. The average Bonchev–Trinajstić information content (AvgIpc) is 2.16. The summed E-state index contributed by atoms with van der Waals surface area (Å²) >= 11 is 3.45. The molecule has 0 radical (unpaired) electrons. The van der Waals surface area contributed by atoms with Gasteiger partial charge in [0.2, 0.25) is 0 Å². The maximum atomic E-state index is 5.61. The van der Waals surface area contributed by atoms with Gasteiger partial charge in [0.25, 0.3) is 0 Å². The molecular formula is C11H13BrO. The Labute approximate surface area is 87.2 Å². The van der Waals surface area contributed by atoms with E-state index in [0.29, 0.717) is 5.92 Å². The lowest BCUT2D eigenvalue weighted by Crippen LogP contribution is -2.13. The van der Waals surface area contributed by atoms with E-state index < -0.39 is 0 Å². The van der Waals surface area contributed by atoms with Crippen LogP contribution in [0.5, 0.6) is 5.75 Å². The van der Waals surface area contributed by atoms with Crippen molar-refractivity contribution in [1.82, 2.24) is 0 Å². The molecule has 0 amide bonds. The van der Waals surface area contributed by atoms with Crippen LogP contribution in [0.1, 0.15) is 31.2 Å². The van der Waals surface area contributed by atoms with E-state index in [-0.39, 0.29) is 0 Å². The Kier molecular flexibility index (Phi) is 2.58. The molecule has 1 aliphatic heterocycles. The van der Waals surface area contributed by atoms with Crippen molar-refractivity contribution in [2.45, 2.75) is 25.7 Å². The van der Waals surface area contributed by atoms with Crippen LogP contribution in [0, 0.1) is 0 Å². The van der Waals surface area contributed by atoms with Gasteiger partial charge in [-0.2, -0.15) is 0 Å². The van der Waals surface area contributed by atoms with E-state index in [9.17, 15) is 0 Å². The summed E-state index contributed by atoms with van der Waals surface area (Å²) in [5, 5.41) is 0. The minimum atomic E-state index is 0.692. The molecule has 0 N–H and O–H groups in total. The number of fused-ring (bicyclic) bond motifs is 1. The second-order valence-electron chi connectivity index (χ2n) is 3.42. The lowest BCUT2D eigenvalue weighted by Gasteiger charge is -2.24. The van der Waals surface area contributed by atoms with Crippen molar-refractivity contribution in [2.24, 2.45) is 0 Å². The van der Waals surface area contributed by atoms with Gasteiger partial charge in [0.1, 0.15) is 5.75 Å². The molecule has 1 aliphatic rings. The van der Waals surface area contributed by atoms with Crippen molar-refractivity contribution >= 4 is 15.9 Å². The van der Waals surface area contributed by atoms with Crippen LogP contribution in [0.25, 0.3) is 0 Å². The molecule has 2 heteroatoms. The van der Waals surface area contributed by atoms with Gasteiger partial charge in [-0.3, -0.25) is 0 Å². The Morgan fingerprint density at radius 1 is 1.54 bits per heavy atom. The molecule has 0 saturated carbocycles. The second-order valence-corrected chi connectivity index (χ2v) is 4.34. The van der Waals surface area contributed by atoms with Crippen LogP contribution in [0.2, 0.25) is 0 Å². The molecule has 1 heterocycles. The first-order valence-electron chi connectivity index (χ1n) is 4.73. The predicted molar refractivity (Wildman–Crippen MR) is 57.3 cm³/mol. The first-order chi connectivity index (χ1) is 6.31. The lowest BCUT2D eigenvalue weighted by molar-refractivity contribution is 0.265. The van der Waals surface area contributed by atoms with Crippen molar-refractivity contribution < 1.29 is 4.74 Å². The normalized spacial score (nSPS) is 20.6. The fraction of sp³-hybridized carbons (Fsp3) is 0.455. The zero-order valence-electron chi connectivity index (χ0n) is 7.72. The second kappa shape index (κ2) is 3.70. The molecule has 0 spiro atoms. The fourth-order valence-electron chi connectivity index (χ4n) is 1.86. The molecule has 2 rings (SSSR count). The van der Waals surface area contributed by atoms with Crippen LogP contribution in [0.4, 0.5) is 0 Å². The highest BCUT2D eigenvalue weighted by molar-refractivity contribution is 9.10. The third-order valence-corrected chi connectivity index (χ3v) is 3.13. The van der Waals surface area contributed by atoms with Crippen LogP contribution in [-0.4, -0.2) is 6.61 Å². The predicted octanol–water partition coefficient (Wildman–Crippen LogP) is 3.73. The molecule has 0 aliphatic carbocycles. The molecule has 1 aromatic rings. The standard InChI is InChI=1S/C11H13BrO/c1-2-8-5-6-13-11-7-9(12)3-4-10(8)11/h3-4,7-8H,2,5-6H2,1H3. The Morgan fingerprint density at radius 2 is 2.38 bits per heavy atom. The molecule has 1 aromatic carbocycles. The number of halogens is 1. The smallest absolute Gasteiger partial charge is 0.123 e. The summed E-state index contributed by atoms with van der Waals surface area (Å²) in [4.78, 5) is 0. The number of hydrogen-bond donors (Lipinski definition) is 0. The topological polar surface area (TPSA) is 9.23 Å². The number of ether oxygens (including phenoxy) is 1. The van der Waals surface area contributed by atoms with Crippen molar-refractivity contribution in [1.29, 1.82) is 0 Å². The average molecular weight is 241 g/mol. The van der Waals surface area contributed by atoms with Crippen molar-refractivity contribution in [2.75, 3.05) is 6.61 Å². The third-order valence-electron chi connectivity index (χ3n) is 2.63. The summed E-state index contributed by atoms with van der Waals surface area (Å²) in [5.41, 5.74) is 1.37. The molecule has 0 fully saturated rings. The van der Waals surface area contributed by atoms with Crippen LogP contribution in [0.15, 0.2) is 22.7 Å². The number of benzene rings is 1. The quantitative estimate of drug-likeness (QED) is 0.727. The summed E-state index contributed by atoms with van der Waals surface area (Å²) in [5.74, 6) is 1.75. The summed E-state index contributed by atoms with van der Waals surface area (Å²) < 4.78 is 6.71. The van der Waals surface area contributed by atoms with E-state index in [1.807, 2.05) is 0 Å². The molecule has 1 atom stereocenters. The van der Waals surface area contributed by atoms with Gasteiger partial charge >= 0.3 is 0 Å². The van der Waals surface area contributed by atoms with E-state index in [4.69, 9.17) is 4.74 Å². The third kappa shape index (κ3) is 1.73.